The number of rotatable bonds is 2. The Morgan fingerprint density at radius 1 is 1.62 bits per heavy atom. The van der Waals surface area contributed by atoms with Gasteiger partial charge in [-0.3, -0.25) is 4.79 Å². The summed E-state index contributed by atoms with van der Waals surface area (Å²) in [6.07, 6.45) is 1.97. The van der Waals surface area contributed by atoms with E-state index in [4.69, 9.17) is 21.8 Å². The van der Waals surface area contributed by atoms with Crippen LogP contribution < -0.4 is 5.73 Å². The second kappa shape index (κ2) is 5.57. The molecule has 90 valence electrons. The summed E-state index contributed by atoms with van der Waals surface area (Å²) in [6, 6.07) is 3.31. The van der Waals surface area contributed by atoms with Gasteiger partial charge in [-0.05, 0) is 36.6 Å². The number of carbonyl (C=O) groups excluding carboxylic acids is 1. The molecule has 0 radical (unpaired) electrons. The first kappa shape index (κ1) is 13.4. The maximum atomic E-state index is 11.9. The number of halogens is 2. The molecule has 1 atom stereocenters. The summed E-state index contributed by atoms with van der Waals surface area (Å²) in [7, 11) is 0. The van der Waals surface area contributed by atoms with E-state index in [0.717, 1.165) is 19.4 Å². The lowest BCUT2D eigenvalue weighted by molar-refractivity contribution is 0.0709. The third kappa shape index (κ3) is 2.51. The Kier molecular flexibility index (Phi) is 4.65. The average Bonchev–Trinajstić information content (AvgIpc) is 2.84. The zero-order valence-electron chi connectivity index (χ0n) is 8.69. The quantitative estimate of drug-likeness (QED) is 0.888. The predicted octanol–water partition coefficient (Wildman–Crippen LogP) is 1.92. The van der Waals surface area contributed by atoms with Crippen molar-refractivity contribution in [3.8, 4) is 0 Å². The summed E-state index contributed by atoms with van der Waals surface area (Å²) < 4.78 is 5.08. The number of amides is 1. The van der Waals surface area contributed by atoms with Crippen LogP contribution in [0.2, 0.25) is 5.22 Å². The molecule has 16 heavy (non-hydrogen) atoms. The minimum absolute atomic E-state index is 0. The molecule has 0 aromatic carbocycles. The molecule has 1 aliphatic heterocycles. The molecule has 1 aromatic heterocycles. The first-order chi connectivity index (χ1) is 7.22. The molecule has 1 aliphatic rings. The molecule has 6 heteroatoms. The van der Waals surface area contributed by atoms with Crippen LogP contribution in [0.3, 0.4) is 0 Å². The van der Waals surface area contributed by atoms with Crippen LogP contribution in [-0.4, -0.2) is 29.9 Å². The van der Waals surface area contributed by atoms with Crippen molar-refractivity contribution in [3.63, 3.8) is 0 Å². The van der Waals surface area contributed by atoms with Gasteiger partial charge in [0.1, 0.15) is 0 Å². The number of carbonyl (C=O) groups is 1. The van der Waals surface area contributed by atoms with Crippen molar-refractivity contribution in [3.05, 3.63) is 23.1 Å². The lowest BCUT2D eigenvalue weighted by atomic mass is 10.2. The van der Waals surface area contributed by atoms with Gasteiger partial charge in [0.15, 0.2) is 11.0 Å². The second-order valence-electron chi connectivity index (χ2n) is 3.63. The Morgan fingerprint density at radius 2 is 2.38 bits per heavy atom. The number of hydrogen-bond donors (Lipinski definition) is 1. The highest BCUT2D eigenvalue weighted by molar-refractivity contribution is 6.29. The highest BCUT2D eigenvalue weighted by Gasteiger charge is 2.29. The van der Waals surface area contributed by atoms with Gasteiger partial charge in [0.25, 0.3) is 5.91 Å². The summed E-state index contributed by atoms with van der Waals surface area (Å²) in [5.41, 5.74) is 5.59. The normalized spacial score (nSPS) is 19.6. The molecule has 0 bridgehead atoms. The summed E-state index contributed by atoms with van der Waals surface area (Å²) in [6.45, 7) is 1.25. The van der Waals surface area contributed by atoms with Crippen LogP contribution in [0.1, 0.15) is 23.4 Å². The molecule has 0 saturated carbocycles. The van der Waals surface area contributed by atoms with Crippen molar-refractivity contribution in [1.82, 2.24) is 4.90 Å². The third-order valence-corrected chi connectivity index (χ3v) is 2.90. The highest BCUT2D eigenvalue weighted by atomic mass is 35.5. The molecule has 2 heterocycles. The van der Waals surface area contributed by atoms with Gasteiger partial charge in [-0.25, -0.2) is 0 Å². The first-order valence-corrected chi connectivity index (χ1v) is 5.36. The average molecular weight is 265 g/mol. The Bertz CT molecular complexity index is 367. The van der Waals surface area contributed by atoms with Gasteiger partial charge in [0.2, 0.25) is 0 Å². The van der Waals surface area contributed by atoms with E-state index in [0.29, 0.717) is 12.3 Å². The van der Waals surface area contributed by atoms with Gasteiger partial charge < -0.3 is 15.1 Å². The largest absolute Gasteiger partial charge is 0.440 e. The van der Waals surface area contributed by atoms with Gasteiger partial charge in [0.05, 0.1) is 0 Å². The van der Waals surface area contributed by atoms with Crippen LogP contribution in [0.5, 0.6) is 0 Å². The van der Waals surface area contributed by atoms with Crippen molar-refractivity contribution in [2.45, 2.75) is 18.9 Å². The Hall–Kier alpha value is -0.710. The van der Waals surface area contributed by atoms with Crippen LogP contribution in [0.15, 0.2) is 16.5 Å². The molecule has 1 saturated heterocycles. The molecule has 2 rings (SSSR count). The Morgan fingerprint density at radius 3 is 2.94 bits per heavy atom. The molecule has 1 aromatic rings. The van der Waals surface area contributed by atoms with Gasteiger partial charge in [-0.15, -0.1) is 12.4 Å². The van der Waals surface area contributed by atoms with E-state index in [-0.39, 0.29) is 29.6 Å². The molecule has 1 unspecified atom stereocenters. The Labute approximate surface area is 105 Å². The van der Waals surface area contributed by atoms with E-state index < -0.39 is 0 Å². The van der Waals surface area contributed by atoms with E-state index in [9.17, 15) is 4.79 Å². The molecule has 0 aliphatic carbocycles. The summed E-state index contributed by atoms with van der Waals surface area (Å²) in [5.74, 6) is 0.176. The van der Waals surface area contributed by atoms with Crippen LogP contribution in [0, 0.1) is 0 Å². The lowest BCUT2D eigenvalue weighted by Gasteiger charge is -2.22. The van der Waals surface area contributed by atoms with Crippen molar-refractivity contribution in [2.75, 3.05) is 13.1 Å². The number of nitrogens with zero attached hydrogens (tertiary/aromatic N) is 1. The van der Waals surface area contributed by atoms with Crippen molar-refractivity contribution in [1.29, 1.82) is 0 Å². The van der Waals surface area contributed by atoms with Crippen LogP contribution >= 0.6 is 24.0 Å². The van der Waals surface area contributed by atoms with E-state index in [2.05, 4.69) is 0 Å². The molecular weight excluding hydrogens is 251 g/mol. The Balaban J connectivity index is 0.00000128. The van der Waals surface area contributed by atoms with Crippen molar-refractivity contribution in [2.24, 2.45) is 5.73 Å². The third-order valence-electron chi connectivity index (χ3n) is 2.69. The topological polar surface area (TPSA) is 59.5 Å². The fourth-order valence-electron chi connectivity index (χ4n) is 1.92. The molecule has 1 amide bonds. The van der Waals surface area contributed by atoms with Crippen LogP contribution in [0.25, 0.3) is 0 Å². The number of likely N-dealkylation sites (tertiary alicyclic amines) is 1. The van der Waals surface area contributed by atoms with E-state index >= 15 is 0 Å². The highest BCUT2D eigenvalue weighted by Crippen LogP contribution is 2.21. The van der Waals surface area contributed by atoms with Crippen molar-refractivity contribution >= 4 is 29.9 Å². The van der Waals surface area contributed by atoms with Gasteiger partial charge in [-0.1, -0.05) is 0 Å². The molecule has 4 nitrogen and oxygen atoms in total. The minimum atomic E-state index is -0.116. The van der Waals surface area contributed by atoms with Crippen LogP contribution in [-0.2, 0) is 0 Å². The fraction of sp³-hybridized carbons (Fsp3) is 0.500. The molecular formula is C10H14Cl2N2O2. The standard InChI is InChI=1S/C10H13ClN2O2.ClH/c11-9-4-3-8(15-9)10(14)13-5-1-2-7(13)6-12;/h3-4,7H,1-2,5-6,12H2;1H. The van der Waals surface area contributed by atoms with Gasteiger partial charge >= 0.3 is 0 Å². The fourth-order valence-corrected chi connectivity index (χ4v) is 2.07. The number of nitrogens with two attached hydrogens (primary N) is 1. The molecule has 1 fully saturated rings. The van der Waals surface area contributed by atoms with Gasteiger partial charge in [0, 0.05) is 19.1 Å². The lowest BCUT2D eigenvalue weighted by Crippen LogP contribution is -2.39. The smallest absolute Gasteiger partial charge is 0.289 e. The minimum Gasteiger partial charge on any atom is -0.440 e. The number of hydrogen-bond acceptors (Lipinski definition) is 3. The van der Waals surface area contributed by atoms with E-state index in [1.54, 1.807) is 17.0 Å². The summed E-state index contributed by atoms with van der Waals surface area (Å²) >= 11 is 5.62. The van der Waals surface area contributed by atoms with E-state index in [1.807, 2.05) is 0 Å². The maximum Gasteiger partial charge on any atom is 0.289 e. The first-order valence-electron chi connectivity index (χ1n) is 4.98. The molecule has 2 N–H and O–H groups in total. The van der Waals surface area contributed by atoms with Crippen molar-refractivity contribution < 1.29 is 9.21 Å². The summed E-state index contributed by atoms with van der Waals surface area (Å²) in [5, 5.41) is 0.238. The summed E-state index contributed by atoms with van der Waals surface area (Å²) in [4.78, 5) is 13.7. The maximum absolute atomic E-state index is 11.9. The monoisotopic (exact) mass is 264 g/mol. The SMILES string of the molecule is Cl.NCC1CCCN1C(=O)c1ccc(Cl)o1. The van der Waals surface area contributed by atoms with E-state index in [1.165, 1.54) is 0 Å². The zero-order chi connectivity index (χ0) is 10.8. The zero-order valence-corrected chi connectivity index (χ0v) is 10.3. The van der Waals surface area contributed by atoms with Crippen LogP contribution in [0.4, 0.5) is 0 Å². The second-order valence-corrected chi connectivity index (χ2v) is 4.01. The van der Waals surface area contributed by atoms with Gasteiger partial charge in [-0.2, -0.15) is 0 Å². The number of furan rings is 1. The molecule has 0 spiro atoms. The predicted molar refractivity (Wildman–Crippen MR) is 64.1 cm³/mol.